The van der Waals surface area contributed by atoms with Gasteiger partial charge in [0.25, 0.3) is 11.7 Å². The highest BCUT2D eigenvalue weighted by atomic mass is 16.5. The first-order chi connectivity index (χ1) is 13.7. The van der Waals surface area contributed by atoms with E-state index in [1.807, 2.05) is 48.5 Å². The molecule has 0 spiro atoms. The van der Waals surface area contributed by atoms with Gasteiger partial charge in [-0.25, -0.2) is 0 Å². The Bertz CT molecular complexity index is 1000. The van der Waals surface area contributed by atoms with Crippen molar-refractivity contribution in [2.24, 2.45) is 0 Å². The number of Topliss-reactive ketones (excluding diaryl/α,β-unsaturated/α-hetero) is 1. The van der Waals surface area contributed by atoms with Crippen LogP contribution in [0.2, 0.25) is 0 Å². The summed E-state index contributed by atoms with van der Waals surface area (Å²) in [5.74, 6) is -0.446. The molecule has 28 heavy (non-hydrogen) atoms. The lowest BCUT2D eigenvalue weighted by Gasteiger charge is -2.11. The Morgan fingerprint density at radius 3 is 2.75 bits per heavy atom. The largest absolute Gasteiger partial charge is 0.497 e. The number of aromatic nitrogens is 1. The molecule has 1 aliphatic rings. The Hall–Kier alpha value is -3.12. The van der Waals surface area contributed by atoms with Gasteiger partial charge in [0.1, 0.15) is 11.4 Å². The number of hydrogen-bond acceptors (Lipinski definition) is 4. The number of carbonyl (C=O) groups excluding carboxylic acids is 2. The van der Waals surface area contributed by atoms with E-state index < -0.39 is 11.7 Å². The number of rotatable bonds is 6. The van der Waals surface area contributed by atoms with Gasteiger partial charge in [-0.05, 0) is 48.7 Å². The number of nitrogens with one attached hydrogen (secondary N) is 1. The van der Waals surface area contributed by atoms with Crippen molar-refractivity contribution in [2.75, 3.05) is 20.3 Å². The third-order valence-corrected chi connectivity index (χ3v) is 5.02. The zero-order chi connectivity index (χ0) is 19.5. The number of fused-ring (bicyclic) bond motifs is 1. The van der Waals surface area contributed by atoms with Crippen LogP contribution < -0.4 is 10.1 Å². The normalized spacial score (nSPS) is 16.2. The summed E-state index contributed by atoms with van der Waals surface area (Å²) in [4.78, 5) is 25.6. The second-order valence-electron chi connectivity index (χ2n) is 6.80. The molecular weight excluding hydrogens is 356 g/mol. The van der Waals surface area contributed by atoms with E-state index in [9.17, 15) is 9.59 Å². The van der Waals surface area contributed by atoms with Gasteiger partial charge in [-0.15, -0.1) is 0 Å². The second-order valence-corrected chi connectivity index (χ2v) is 6.80. The van der Waals surface area contributed by atoms with Gasteiger partial charge in [-0.3, -0.25) is 9.59 Å². The molecule has 2 aromatic heterocycles. The van der Waals surface area contributed by atoms with Crippen LogP contribution in [0.4, 0.5) is 0 Å². The van der Waals surface area contributed by atoms with Crippen molar-refractivity contribution in [1.82, 2.24) is 9.72 Å². The molecular formula is C22H22N2O4. The Balaban J connectivity index is 1.67. The SMILES string of the molecule is COc1ccc(-c2cc3ccccn3c2C(=O)C(=O)NC[C@@H]2CCCO2)cc1. The fourth-order valence-corrected chi connectivity index (χ4v) is 3.55. The molecule has 1 N–H and O–H groups in total. The first-order valence-corrected chi connectivity index (χ1v) is 9.36. The minimum atomic E-state index is -0.617. The molecule has 0 saturated carbocycles. The van der Waals surface area contributed by atoms with E-state index >= 15 is 0 Å². The van der Waals surface area contributed by atoms with Gasteiger partial charge >= 0.3 is 0 Å². The first-order valence-electron chi connectivity index (χ1n) is 9.36. The predicted molar refractivity (Wildman–Crippen MR) is 106 cm³/mol. The first kappa shape index (κ1) is 18.3. The van der Waals surface area contributed by atoms with Gasteiger partial charge in [0.15, 0.2) is 0 Å². The molecule has 0 aliphatic carbocycles. The van der Waals surface area contributed by atoms with Crippen LogP contribution in [0.1, 0.15) is 23.3 Å². The summed E-state index contributed by atoms with van der Waals surface area (Å²) >= 11 is 0. The minimum absolute atomic E-state index is 0.0122. The molecule has 0 radical (unpaired) electrons. The van der Waals surface area contributed by atoms with Crippen molar-refractivity contribution in [3.05, 3.63) is 60.4 Å². The number of nitrogens with zero attached hydrogens (tertiary/aromatic N) is 1. The Kier molecular flexibility index (Phi) is 5.12. The zero-order valence-corrected chi connectivity index (χ0v) is 15.7. The van der Waals surface area contributed by atoms with E-state index in [1.54, 1.807) is 17.7 Å². The van der Waals surface area contributed by atoms with Crippen LogP contribution in [0.25, 0.3) is 16.6 Å². The average molecular weight is 378 g/mol. The third-order valence-electron chi connectivity index (χ3n) is 5.02. The number of benzene rings is 1. The van der Waals surface area contributed by atoms with Crippen molar-refractivity contribution in [1.29, 1.82) is 0 Å². The number of hydrogen-bond donors (Lipinski definition) is 1. The molecule has 1 aliphatic heterocycles. The smallest absolute Gasteiger partial charge is 0.294 e. The number of ether oxygens (including phenoxy) is 2. The van der Waals surface area contributed by atoms with Crippen molar-refractivity contribution in [2.45, 2.75) is 18.9 Å². The Labute approximate surface area is 163 Å². The van der Waals surface area contributed by atoms with Gasteiger partial charge < -0.3 is 19.2 Å². The summed E-state index contributed by atoms with van der Waals surface area (Å²) in [5.41, 5.74) is 2.76. The zero-order valence-electron chi connectivity index (χ0n) is 15.7. The molecule has 1 saturated heterocycles. The van der Waals surface area contributed by atoms with Crippen LogP contribution in [0.5, 0.6) is 5.75 Å². The summed E-state index contributed by atoms with van der Waals surface area (Å²) in [7, 11) is 1.61. The van der Waals surface area contributed by atoms with E-state index in [0.717, 1.165) is 29.7 Å². The summed E-state index contributed by atoms with van der Waals surface area (Å²) in [6.45, 7) is 1.06. The number of ketones is 1. The Morgan fingerprint density at radius 2 is 2.04 bits per heavy atom. The van der Waals surface area contributed by atoms with Gasteiger partial charge in [-0.1, -0.05) is 18.2 Å². The third kappa shape index (κ3) is 3.51. The van der Waals surface area contributed by atoms with Gasteiger partial charge in [0, 0.05) is 30.4 Å². The molecule has 6 heteroatoms. The standard InChI is InChI=1S/C22H22N2O4/c1-27-17-9-7-15(8-10-17)19-13-16-5-2-3-11-24(16)20(19)21(25)22(26)23-14-18-6-4-12-28-18/h2-3,5,7-11,13,18H,4,6,12,14H2,1H3,(H,23,26)/t18-/m0/s1. The highest BCUT2D eigenvalue weighted by molar-refractivity contribution is 6.43. The maximum absolute atomic E-state index is 13.0. The molecule has 1 aromatic carbocycles. The molecule has 0 bridgehead atoms. The van der Waals surface area contributed by atoms with Gasteiger partial charge in [0.05, 0.1) is 13.2 Å². The number of amides is 1. The maximum Gasteiger partial charge on any atom is 0.294 e. The van der Waals surface area contributed by atoms with Crippen molar-refractivity contribution in [3.63, 3.8) is 0 Å². The van der Waals surface area contributed by atoms with Crippen molar-refractivity contribution in [3.8, 4) is 16.9 Å². The van der Waals surface area contributed by atoms with Crippen LogP contribution in [0.15, 0.2) is 54.7 Å². The fourth-order valence-electron chi connectivity index (χ4n) is 3.55. The molecule has 1 fully saturated rings. The van der Waals surface area contributed by atoms with Gasteiger partial charge in [0.2, 0.25) is 0 Å². The van der Waals surface area contributed by atoms with Crippen LogP contribution in [-0.4, -0.2) is 42.5 Å². The molecule has 3 heterocycles. The molecule has 6 nitrogen and oxygen atoms in total. The van der Waals surface area contributed by atoms with Crippen LogP contribution in [0, 0.1) is 0 Å². The maximum atomic E-state index is 13.0. The van der Waals surface area contributed by atoms with E-state index in [2.05, 4.69) is 5.32 Å². The number of carbonyl (C=O) groups is 2. The van der Waals surface area contributed by atoms with Crippen molar-refractivity contribution >= 4 is 17.2 Å². The number of methoxy groups -OCH3 is 1. The fraction of sp³-hybridized carbons (Fsp3) is 0.273. The van der Waals surface area contributed by atoms with Crippen LogP contribution in [-0.2, 0) is 9.53 Å². The minimum Gasteiger partial charge on any atom is -0.497 e. The lowest BCUT2D eigenvalue weighted by Crippen LogP contribution is -2.37. The average Bonchev–Trinajstić information content (AvgIpc) is 3.39. The molecule has 4 rings (SSSR count). The van der Waals surface area contributed by atoms with Crippen molar-refractivity contribution < 1.29 is 19.1 Å². The monoisotopic (exact) mass is 378 g/mol. The molecule has 3 aromatic rings. The lowest BCUT2D eigenvalue weighted by atomic mass is 10.0. The second kappa shape index (κ2) is 7.86. The summed E-state index contributed by atoms with van der Waals surface area (Å²) in [5, 5.41) is 2.73. The molecule has 144 valence electrons. The quantitative estimate of drug-likeness (QED) is 0.529. The molecule has 1 atom stereocenters. The summed E-state index contributed by atoms with van der Waals surface area (Å²) in [6.07, 6.45) is 3.67. The topological polar surface area (TPSA) is 69.0 Å². The number of pyridine rings is 1. The van der Waals surface area contributed by atoms with E-state index in [-0.39, 0.29) is 6.10 Å². The van der Waals surface area contributed by atoms with Crippen LogP contribution >= 0.6 is 0 Å². The highest BCUT2D eigenvalue weighted by Crippen LogP contribution is 2.29. The Morgan fingerprint density at radius 1 is 1.21 bits per heavy atom. The highest BCUT2D eigenvalue weighted by Gasteiger charge is 2.26. The lowest BCUT2D eigenvalue weighted by molar-refractivity contribution is -0.117. The molecule has 1 amide bonds. The van der Waals surface area contributed by atoms with E-state index in [1.165, 1.54) is 0 Å². The summed E-state index contributed by atoms with van der Waals surface area (Å²) in [6, 6.07) is 15.0. The van der Waals surface area contributed by atoms with E-state index in [0.29, 0.717) is 24.4 Å². The molecule has 0 unspecified atom stereocenters. The van der Waals surface area contributed by atoms with Crippen LogP contribution in [0.3, 0.4) is 0 Å². The van der Waals surface area contributed by atoms with E-state index in [4.69, 9.17) is 9.47 Å². The summed E-state index contributed by atoms with van der Waals surface area (Å²) < 4.78 is 12.5. The van der Waals surface area contributed by atoms with Gasteiger partial charge in [-0.2, -0.15) is 0 Å². The predicted octanol–water partition coefficient (Wildman–Crippen LogP) is 3.09.